The molecule has 19 heavy (non-hydrogen) atoms. The largest absolute Gasteiger partial charge is 0.377 e. The molecule has 2 heterocycles. The molecule has 0 fully saturated rings. The monoisotopic (exact) mass is 275 g/mol. The summed E-state index contributed by atoms with van der Waals surface area (Å²) in [7, 11) is 1.58. The van der Waals surface area contributed by atoms with Crippen molar-refractivity contribution >= 4 is 22.6 Å². The molecule has 0 aliphatic carbocycles. The van der Waals surface area contributed by atoms with Gasteiger partial charge in [0.15, 0.2) is 11.6 Å². The molecular formula is C12H10ClN5O. The van der Waals surface area contributed by atoms with E-state index in [0.29, 0.717) is 23.4 Å². The van der Waals surface area contributed by atoms with Crippen molar-refractivity contribution in [2.75, 3.05) is 7.11 Å². The third-order valence-corrected chi connectivity index (χ3v) is 2.76. The normalized spacial score (nSPS) is 11.1. The van der Waals surface area contributed by atoms with Crippen LogP contribution < -0.4 is 0 Å². The number of benzene rings is 1. The van der Waals surface area contributed by atoms with Crippen molar-refractivity contribution in [2.45, 2.75) is 6.61 Å². The van der Waals surface area contributed by atoms with E-state index in [0.717, 1.165) is 11.0 Å². The highest BCUT2D eigenvalue weighted by molar-refractivity contribution is 6.29. The van der Waals surface area contributed by atoms with Gasteiger partial charge >= 0.3 is 0 Å². The lowest BCUT2D eigenvalue weighted by atomic mass is 10.3. The van der Waals surface area contributed by atoms with E-state index in [9.17, 15) is 0 Å². The van der Waals surface area contributed by atoms with Crippen LogP contribution in [0.15, 0.2) is 30.3 Å². The van der Waals surface area contributed by atoms with Crippen LogP contribution in [0.25, 0.3) is 16.9 Å². The topological polar surface area (TPSA) is 65.7 Å². The van der Waals surface area contributed by atoms with Crippen molar-refractivity contribution < 1.29 is 4.74 Å². The fraction of sp³-hybridized carbons (Fsp3) is 0.167. The van der Waals surface area contributed by atoms with E-state index in [1.165, 1.54) is 0 Å². The Hall–Kier alpha value is -2.05. The van der Waals surface area contributed by atoms with Crippen molar-refractivity contribution in [3.63, 3.8) is 0 Å². The number of hydrogen-bond donors (Lipinski definition) is 0. The predicted octanol–water partition coefficient (Wildman–Crippen LogP) is 2.01. The standard InChI is InChI=1S/C12H10ClN5O/c1-19-7-11-14-10(13)6-12(15-11)18-9-5-3-2-4-8(9)16-17-18/h2-6H,7H2,1H3. The van der Waals surface area contributed by atoms with Crippen LogP contribution in [0, 0.1) is 0 Å². The van der Waals surface area contributed by atoms with Gasteiger partial charge in [0.25, 0.3) is 0 Å². The number of nitrogens with zero attached hydrogens (tertiary/aromatic N) is 5. The van der Waals surface area contributed by atoms with Gasteiger partial charge in [-0.2, -0.15) is 4.68 Å². The van der Waals surface area contributed by atoms with E-state index in [2.05, 4.69) is 20.3 Å². The minimum absolute atomic E-state index is 0.292. The van der Waals surface area contributed by atoms with Gasteiger partial charge in [0.2, 0.25) is 0 Å². The van der Waals surface area contributed by atoms with Gasteiger partial charge in [-0.1, -0.05) is 28.9 Å². The van der Waals surface area contributed by atoms with Crippen molar-refractivity contribution in [1.82, 2.24) is 25.0 Å². The molecule has 0 amide bonds. The minimum Gasteiger partial charge on any atom is -0.377 e. The Morgan fingerprint density at radius 2 is 2.11 bits per heavy atom. The lowest BCUT2D eigenvalue weighted by Crippen LogP contribution is -2.05. The van der Waals surface area contributed by atoms with Gasteiger partial charge in [-0.05, 0) is 12.1 Å². The molecule has 96 valence electrons. The van der Waals surface area contributed by atoms with E-state index in [-0.39, 0.29) is 0 Å². The Morgan fingerprint density at radius 1 is 1.26 bits per heavy atom. The summed E-state index contributed by atoms with van der Waals surface area (Å²) in [5, 5.41) is 8.51. The van der Waals surface area contributed by atoms with Crippen LogP contribution in [0.4, 0.5) is 0 Å². The van der Waals surface area contributed by atoms with Gasteiger partial charge in [0, 0.05) is 13.2 Å². The highest BCUT2D eigenvalue weighted by Gasteiger charge is 2.10. The maximum Gasteiger partial charge on any atom is 0.161 e. The molecule has 0 saturated carbocycles. The lowest BCUT2D eigenvalue weighted by molar-refractivity contribution is 0.177. The van der Waals surface area contributed by atoms with Crippen LogP contribution in [0.1, 0.15) is 5.82 Å². The van der Waals surface area contributed by atoms with Crippen LogP contribution in [0.3, 0.4) is 0 Å². The van der Waals surface area contributed by atoms with E-state index in [1.54, 1.807) is 17.9 Å². The van der Waals surface area contributed by atoms with Crippen LogP contribution >= 0.6 is 11.6 Å². The maximum atomic E-state index is 5.99. The average Bonchev–Trinajstić information content (AvgIpc) is 2.82. The van der Waals surface area contributed by atoms with Gasteiger partial charge in [-0.3, -0.25) is 0 Å². The van der Waals surface area contributed by atoms with Crippen LogP contribution in [0.5, 0.6) is 0 Å². The van der Waals surface area contributed by atoms with Crippen molar-refractivity contribution in [3.05, 3.63) is 41.3 Å². The van der Waals surface area contributed by atoms with Crippen molar-refractivity contribution in [1.29, 1.82) is 0 Å². The number of fused-ring (bicyclic) bond motifs is 1. The number of rotatable bonds is 3. The highest BCUT2D eigenvalue weighted by Crippen LogP contribution is 2.17. The molecular weight excluding hydrogens is 266 g/mol. The number of hydrogen-bond acceptors (Lipinski definition) is 5. The molecule has 0 unspecified atom stereocenters. The van der Waals surface area contributed by atoms with E-state index < -0.39 is 0 Å². The van der Waals surface area contributed by atoms with E-state index >= 15 is 0 Å². The van der Waals surface area contributed by atoms with Crippen LogP contribution in [-0.4, -0.2) is 32.1 Å². The summed E-state index contributed by atoms with van der Waals surface area (Å²) < 4.78 is 6.64. The maximum absolute atomic E-state index is 5.99. The Bertz CT molecular complexity index is 727. The summed E-state index contributed by atoms with van der Waals surface area (Å²) in [5.41, 5.74) is 1.66. The Morgan fingerprint density at radius 3 is 2.95 bits per heavy atom. The highest BCUT2D eigenvalue weighted by atomic mass is 35.5. The number of ether oxygens (including phenoxy) is 1. The fourth-order valence-electron chi connectivity index (χ4n) is 1.79. The smallest absolute Gasteiger partial charge is 0.161 e. The second-order valence-electron chi connectivity index (χ2n) is 3.89. The lowest BCUT2D eigenvalue weighted by Gasteiger charge is -2.04. The van der Waals surface area contributed by atoms with Gasteiger partial charge in [-0.15, -0.1) is 5.10 Å². The molecule has 0 N–H and O–H groups in total. The number of aromatic nitrogens is 5. The number of halogens is 1. The summed E-state index contributed by atoms with van der Waals surface area (Å²) in [6, 6.07) is 9.27. The first kappa shape index (κ1) is 12.0. The zero-order valence-corrected chi connectivity index (χ0v) is 10.9. The zero-order valence-electron chi connectivity index (χ0n) is 10.1. The molecule has 0 aliphatic rings. The second-order valence-corrected chi connectivity index (χ2v) is 4.28. The molecule has 1 aromatic carbocycles. The molecule has 0 aliphatic heterocycles. The quantitative estimate of drug-likeness (QED) is 0.684. The van der Waals surface area contributed by atoms with Crippen molar-refractivity contribution in [2.24, 2.45) is 0 Å². The van der Waals surface area contributed by atoms with Crippen molar-refractivity contribution in [3.8, 4) is 5.82 Å². The van der Waals surface area contributed by atoms with Gasteiger partial charge in [-0.25, -0.2) is 9.97 Å². The van der Waals surface area contributed by atoms with E-state index in [4.69, 9.17) is 16.3 Å². The Balaban J connectivity index is 2.15. The summed E-state index contributed by atoms with van der Waals surface area (Å²) in [4.78, 5) is 8.44. The fourth-order valence-corrected chi connectivity index (χ4v) is 1.99. The predicted molar refractivity (Wildman–Crippen MR) is 70.2 cm³/mol. The third kappa shape index (κ3) is 2.27. The first-order valence-corrected chi connectivity index (χ1v) is 5.99. The SMILES string of the molecule is COCc1nc(Cl)cc(-n2nnc3ccccc32)n1. The molecule has 0 bridgehead atoms. The minimum atomic E-state index is 0.292. The Kier molecular flexibility index (Phi) is 3.10. The summed E-state index contributed by atoms with van der Waals surface area (Å²) in [6.45, 7) is 0.292. The molecule has 0 atom stereocenters. The van der Waals surface area contributed by atoms with E-state index in [1.807, 2.05) is 24.3 Å². The molecule has 0 spiro atoms. The number of methoxy groups -OCH3 is 1. The zero-order chi connectivity index (χ0) is 13.2. The molecule has 3 rings (SSSR count). The first-order valence-electron chi connectivity index (χ1n) is 5.61. The molecule has 0 radical (unpaired) electrons. The molecule has 0 saturated heterocycles. The third-order valence-electron chi connectivity index (χ3n) is 2.57. The average molecular weight is 276 g/mol. The first-order chi connectivity index (χ1) is 9.28. The summed E-state index contributed by atoms with van der Waals surface area (Å²) >= 11 is 5.99. The Labute approximate surface area is 114 Å². The van der Waals surface area contributed by atoms with Gasteiger partial charge in [0.05, 0.1) is 5.52 Å². The molecule has 6 nitrogen and oxygen atoms in total. The number of para-hydroxylation sites is 1. The summed E-state index contributed by atoms with van der Waals surface area (Å²) in [5.74, 6) is 1.07. The molecule has 2 aromatic heterocycles. The summed E-state index contributed by atoms with van der Waals surface area (Å²) in [6.07, 6.45) is 0. The second kappa shape index (κ2) is 4.91. The molecule has 3 aromatic rings. The van der Waals surface area contributed by atoms with Crippen LogP contribution in [0.2, 0.25) is 5.15 Å². The van der Waals surface area contributed by atoms with Gasteiger partial charge in [0.1, 0.15) is 17.3 Å². The van der Waals surface area contributed by atoms with Gasteiger partial charge < -0.3 is 4.74 Å². The molecule has 7 heteroatoms. The van der Waals surface area contributed by atoms with Crippen LogP contribution in [-0.2, 0) is 11.3 Å².